The van der Waals surface area contributed by atoms with Crippen LogP contribution in [0, 0.1) is 5.92 Å². The third kappa shape index (κ3) is 3.31. The molecule has 0 aliphatic heterocycles. The Morgan fingerprint density at radius 1 is 1.62 bits per heavy atom. The maximum absolute atomic E-state index is 11.2. The van der Waals surface area contributed by atoms with E-state index < -0.39 is 0 Å². The summed E-state index contributed by atoms with van der Waals surface area (Å²) >= 11 is 0. The van der Waals surface area contributed by atoms with Crippen LogP contribution in [0.5, 0.6) is 0 Å². The van der Waals surface area contributed by atoms with Crippen molar-refractivity contribution >= 4 is 5.78 Å². The zero-order valence-corrected chi connectivity index (χ0v) is 8.45. The van der Waals surface area contributed by atoms with Gasteiger partial charge in [-0.2, -0.15) is 0 Å². The van der Waals surface area contributed by atoms with Gasteiger partial charge in [0.05, 0.1) is 12.7 Å². The van der Waals surface area contributed by atoms with E-state index in [1.807, 2.05) is 19.1 Å². The van der Waals surface area contributed by atoms with Gasteiger partial charge < -0.3 is 4.74 Å². The molecule has 0 aromatic rings. The van der Waals surface area contributed by atoms with E-state index >= 15 is 0 Å². The van der Waals surface area contributed by atoms with Crippen LogP contribution in [0.15, 0.2) is 12.2 Å². The average Bonchev–Trinajstić information content (AvgIpc) is 2.11. The molecule has 2 nitrogen and oxygen atoms in total. The van der Waals surface area contributed by atoms with Gasteiger partial charge >= 0.3 is 0 Å². The van der Waals surface area contributed by atoms with Crippen LogP contribution < -0.4 is 0 Å². The van der Waals surface area contributed by atoms with E-state index in [-0.39, 0.29) is 6.10 Å². The summed E-state index contributed by atoms with van der Waals surface area (Å²) in [4.78, 5) is 11.2. The Morgan fingerprint density at radius 2 is 2.38 bits per heavy atom. The monoisotopic (exact) mass is 182 g/mol. The molecule has 1 fully saturated rings. The summed E-state index contributed by atoms with van der Waals surface area (Å²) in [6.45, 7) is 4.77. The summed E-state index contributed by atoms with van der Waals surface area (Å²) in [5, 5.41) is 0. The Bertz CT molecular complexity index is 196. The van der Waals surface area contributed by atoms with Gasteiger partial charge in [-0.05, 0) is 19.3 Å². The highest BCUT2D eigenvalue weighted by Gasteiger charge is 2.26. The van der Waals surface area contributed by atoms with Gasteiger partial charge in [0.2, 0.25) is 0 Å². The van der Waals surface area contributed by atoms with E-state index in [9.17, 15) is 4.79 Å². The first-order chi connectivity index (χ1) is 6.24. The van der Waals surface area contributed by atoms with Crippen LogP contribution >= 0.6 is 0 Å². The number of Topliss-reactive ketones (excluding diaryl/α,β-unsaturated/α-hetero) is 1. The molecule has 2 atom stereocenters. The first-order valence-corrected chi connectivity index (χ1v) is 4.98. The largest absolute Gasteiger partial charge is 0.373 e. The second-order valence-corrected chi connectivity index (χ2v) is 3.70. The lowest BCUT2D eigenvalue weighted by Gasteiger charge is -2.27. The van der Waals surface area contributed by atoms with Crippen LogP contribution in [0.3, 0.4) is 0 Å². The Balaban J connectivity index is 2.33. The molecule has 1 rings (SSSR count). The van der Waals surface area contributed by atoms with Crippen molar-refractivity contribution < 1.29 is 9.53 Å². The normalized spacial score (nSPS) is 29.8. The number of carbonyl (C=O) groups excluding carboxylic acids is 1. The molecular weight excluding hydrogens is 164 g/mol. The maximum Gasteiger partial charge on any atom is 0.135 e. The van der Waals surface area contributed by atoms with Crippen LogP contribution in [0.25, 0.3) is 0 Å². The van der Waals surface area contributed by atoms with Crippen molar-refractivity contribution in [3.63, 3.8) is 0 Å². The molecule has 2 unspecified atom stereocenters. The highest BCUT2D eigenvalue weighted by Crippen LogP contribution is 2.23. The number of carbonyl (C=O) groups is 1. The minimum atomic E-state index is 0.150. The molecule has 0 aromatic carbocycles. The molecule has 0 radical (unpaired) electrons. The van der Waals surface area contributed by atoms with Crippen molar-refractivity contribution in [2.75, 3.05) is 6.61 Å². The number of allylic oxidation sites excluding steroid dienone is 1. The molecule has 0 spiro atoms. The third-order valence-electron chi connectivity index (χ3n) is 2.58. The van der Waals surface area contributed by atoms with Gasteiger partial charge in [-0.1, -0.05) is 19.1 Å². The van der Waals surface area contributed by atoms with Crippen molar-refractivity contribution in [2.24, 2.45) is 5.92 Å². The molecule has 0 saturated heterocycles. The van der Waals surface area contributed by atoms with E-state index in [0.29, 0.717) is 24.7 Å². The predicted octanol–water partition coefficient (Wildman–Crippen LogP) is 2.34. The van der Waals surface area contributed by atoms with Crippen LogP contribution in [0.1, 0.15) is 33.1 Å². The summed E-state index contributed by atoms with van der Waals surface area (Å²) < 4.78 is 5.60. The highest BCUT2D eigenvalue weighted by molar-refractivity contribution is 5.79. The quantitative estimate of drug-likeness (QED) is 0.626. The lowest BCUT2D eigenvalue weighted by Crippen LogP contribution is -2.30. The predicted molar refractivity (Wildman–Crippen MR) is 52.6 cm³/mol. The average molecular weight is 182 g/mol. The Labute approximate surface area is 80.0 Å². The van der Waals surface area contributed by atoms with Crippen LogP contribution in [-0.4, -0.2) is 18.5 Å². The fraction of sp³-hybridized carbons (Fsp3) is 0.727. The molecule has 1 aliphatic rings. The van der Waals surface area contributed by atoms with E-state index in [2.05, 4.69) is 6.92 Å². The molecule has 13 heavy (non-hydrogen) atoms. The molecule has 0 amide bonds. The van der Waals surface area contributed by atoms with Gasteiger partial charge in [0.1, 0.15) is 5.78 Å². The molecule has 1 aliphatic carbocycles. The van der Waals surface area contributed by atoms with Crippen molar-refractivity contribution in [3.05, 3.63) is 12.2 Å². The molecule has 0 bridgehead atoms. The van der Waals surface area contributed by atoms with E-state index in [1.54, 1.807) is 0 Å². The zero-order valence-electron chi connectivity index (χ0n) is 8.45. The van der Waals surface area contributed by atoms with Crippen LogP contribution in [0.2, 0.25) is 0 Å². The first-order valence-electron chi connectivity index (χ1n) is 4.98. The number of hydrogen-bond donors (Lipinski definition) is 0. The number of hydrogen-bond acceptors (Lipinski definition) is 2. The fourth-order valence-electron chi connectivity index (χ4n) is 1.60. The Hall–Kier alpha value is -0.630. The van der Waals surface area contributed by atoms with E-state index in [1.165, 1.54) is 0 Å². The van der Waals surface area contributed by atoms with E-state index in [4.69, 9.17) is 4.74 Å². The van der Waals surface area contributed by atoms with Gasteiger partial charge in [-0.25, -0.2) is 0 Å². The molecule has 74 valence electrons. The fourth-order valence-corrected chi connectivity index (χ4v) is 1.60. The molecule has 0 N–H and O–H groups in total. The van der Waals surface area contributed by atoms with Crippen molar-refractivity contribution in [1.82, 2.24) is 0 Å². The van der Waals surface area contributed by atoms with E-state index in [0.717, 1.165) is 12.8 Å². The number of ether oxygens (including phenoxy) is 1. The summed E-state index contributed by atoms with van der Waals surface area (Å²) in [5.74, 6) is 0.881. The topological polar surface area (TPSA) is 26.3 Å². The van der Waals surface area contributed by atoms with Gasteiger partial charge in [0.25, 0.3) is 0 Å². The minimum Gasteiger partial charge on any atom is -0.373 e. The SMILES string of the molecule is C/C=C/COC1CC(=O)CCC1C. The third-order valence-corrected chi connectivity index (χ3v) is 2.58. The lowest BCUT2D eigenvalue weighted by molar-refractivity contribution is -0.126. The first kappa shape index (κ1) is 10.5. The number of rotatable bonds is 3. The number of ketones is 1. The summed E-state index contributed by atoms with van der Waals surface area (Å²) in [6, 6.07) is 0. The molecule has 0 aromatic heterocycles. The van der Waals surface area contributed by atoms with Crippen molar-refractivity contribution in [3.8, 4) is 0 Å². The molecule has 1 saturated carbocycles. The minimum absolute atomic E-state index is 0.150. The smallest absolute Gasteiger partial charge is 0.135 e. The molecular formula is C11H18O2. The summed E-state index contributed by atoms with van der Waals surface area (Å²) in [7, 11) is 0. The summed E-state index contributed by atoms with van der Waals surface area (Å²) in [5.41, 5.74) is 0. The maximum atomic E-state index is 11.2. The Morgan fingerprint density at radius 3 is 3.08 bits per heavy atom. The van der Waals surface area contributed by atoms with Gasteiger partial charge in [-0.15, -0.1) is 0 Å². The van der Waals surface area contributed by atoms with Gasteiger partial charge in [-0.3, -0.25) is 4.79 Å². The Kier molecular flexibility index (Phi) is 4.16. The van der Waals surface area contributed by atoms with Crippen LogP contribution in [0.4, 0.5) is 0 Å². The van der Waals surface area contributed by atoms with Gasteiger partial charge in [0, 0.05) is 12.8 Å². The highest BCUT2D eigenvalue weighted by atomic mass is 16.5. The zero-order chi connectivity index (χ0) is 9.68. The van der Waals surface area contributed by atoms with Crippen LogP contribution in [-0.2, 0) is 9.53 Å². The second kappa shape index (κ2) is 5.18. The lowest BCUT2D eigenvalue weighted by atomic mass is 9.87. The second-order valence-electron chi connectivity index (χ2n) is 3.70. The van der Waals surface area contributed by atoms with Gasteiger partial charge in [0.15, 0.2) is 0 Å². The molecule has 2 heteroatoms. The van der Waals surface area contributed by atoms with Crippen molar-refractivity contribution in [2.45, 2.75) is 39.2 Å². The van der Waals surface area contributed by atoms with Crippen molar-refractivity contribution in [1.29, 1.82) is 0 Å². The summed E-state index contributed by atoms with van der Waals surface area (Å²) in [6.07, 6.45) is 6.43. The molecule has 0 heterocycles. The standard InChI is InChI=1S/C11H18O2/c1-3-4-7-13-11-8-10(12)6-5-9(11)2/h3-4,9,11H,5-8H2,1-2H3/b4-3+.